The van der Waals surface area contributed by atoms with Crippen LogP contribution in [0.15, 0.2) is 77.9 Å². The standard InChI is InChI=1S/C21H19N3OS/c1-21(14-19(25)22-16-10-3-2-4-11-16)24-23-20(26-21)18-13-7-9-15-8-5-6-12-17(15)18/h2-13,24H,14H2,1H3,(H,22,25)/t21-/m0/s1. The normalized spacial score (nSPS) is 19.0. The first-order valence-corrected chi connectivity index (χ1v) is 9.32. The number of anilines is 1. The number of nitrogens with zero attached hydrogens (tertiary/aromatic N) is 1. The van der Waals surface area contributed by atoms with Crippen molar-refractivity contribution in [1.82, 2.24) is 5.43 Å². The van der Waals surface area contributed by atoms with Crippen LogP contribution in [-0.4, -0.2) is 15.8 Å². The highest BCUT2D eigenvalue weighted by atomic mass is 32.2. The van der Waals surface area contributed by atoms with Gasteiger partial charge in [0.25, 0.3) is 0 Å². The maximum Gasteiger partial charge on any atom is 0.227 e. The number of hydrogen-bond donors (Lipinski definition) is 2. The minimum absolute atomic E-state index is 0.0342. The average molecular weight is 361 g/mol. The molecule has 1 atom stereocenters. The van der Waals surface area contributed by atoms with Gasteiger partial charge in [-0.05, 0) is 29.8 Å². The van der Waals surface area contributed by atoms with Gasteiger partial charge in [0.05, 0.1) is 6.42 Å². The first-order valence-electron chi connectivity index (χ1n) is 8.50. The number of rotatable bonds is 4. The molecule has 0 spiro atoms. The van der Waals surface area contributed by atoms with E-state index in [1.54, 1.807) is 11.8 Å². The van der Waals surface area contributed by atoms with Gasteiger partial charge in [-0.3, -0.25) is 10.2 Å². The monoisotopic (exact) mass is 361 g/mol. The third-order valence-electron chi connectivity index (χ3n) is 4.29. The van der Waals surface area contributed by atoms with Crippen LogP contribution in [0.2, 0.25) is 0 Å². The molecule has 3 aromatic carbocycles. The predicted molar refractivity (Wildman–Crippen MR) is 109 cm³/mol. The number of para-hydroxylation sites is 1. The maximum atomic E-state index is 12.4. The molecule has 0 aliphatic carbocycles. The summed E-state index contributed by atoms with van der Waals surface area (Å²) >= 11 is 1.60. The molecule has 26 heavy (non-hydrogen) atoms. The van der Waals surface area contributed by atoms with Crippen LogP contribution in [0.3, 0.4) is 0 Å². The molecule has 5 heteroatoms. The van der Waals surface area contributed by atoms with E-state index in [9.17, 15) is 4.79 Å². The number of carbonyl (C=O) groups is 1. The summed E-state index contributed by atoms with van der Waals surface area (Å²) in [6.07, 6.45) is 0.324. The third kappa shape index (κ3) is 3.44. The average Bonchev–Trinajstić information content (AvgIpc) is 3.03. The Bertz CT molecular complexity index is 981. The zero-order valence-corrected chi connectivity index (χ0v) is 15.2. The summed E-state index contributed by atoms with van der Waals surface area (Å²) in [6.45, 7) is 2.00. The zero-order valence-electron chi connectivity index (χ0n) is 14.4. The fourth-order valence-corrected chi connectivity index (χ4v) is 4.16. The molecule has 0 fully saturated rings. The van der Waals surface area contributed by atoms with E-state index in [1.807, 2.05) is 55.5 Å². The van der Waals surface area contributed by atoms with Gasteiger partial charge in [-0.2, -0.15) is 5.10 Å². The second kappa shape index (κ2) is 6.84. The van der Waals surface area contributed by atoms with Gasteiger partial charge < -0.3 is 5.32 Å². The second-order valence-corrected chi connectivity index (χ2v) is 7.97. The predicted octanol–water partition coefficient (Wildman–Crippen LogP) is 4.58. The van der Waals surface area contributed by atoms with Crippen LogP contribution in [0.25, 0.3) is 10.8 Å². The smallest absolute Gasteiger partial charge is 0.227 e. The molecule has 4 rings (SSSR count). The molecule has 1 heterocycles. The lowest BCUT2D eigenvalue weighted by Gasteiger charge is -2.22. The molecule has 0 saturated heterocycles. The van der Waals surface area contributed by atoms with Gasteiger partial charge in [-0.25, -0.2) is 0 Å². The van der Waals surface area contributed by atoms with Gasteiger partial charge >= 0.3 is 0 Å². The molecule has 3 aromatic rings. The number of nitrogens with one attached hydrogen (secondary N) is 2. The Hall–Kier alpha value is -2.79. The Morgan fingerprint density at radius 2 is 1.77 bits per heavy atom. The lowest BCUT2D eigenvalue weighted by molar-refractivity contribution is -0.116. The Labute approximate surface area is 156 Å². The molecule has 0 radical (unpaired) electrons. The van der Waals surface area contributed by atoms with Crippen molar-refractivity contribution in [1.29, 1.82) is 0 Å². The second-order valence-electron chi connectivity index (χ2n) is 6.48. The van der Waals surface area contributed by atoms with Crippen molar-refractivity contribution in [3.8, 4) is 0 Å². The van der Waals surface area contributed by atoms with Crippen LogP contribution in [0, 0.1) is 0 Å². The van der Waals surface area contributed by atoms with Gasteiger partial charge in [0.2, 0.25) is 5.91 Å². The number of amides is 1. The number of carbonyl (C=O) groups excluding carboxylic acids is 1. The van der Waals surface area contributed by atoms with E-state index >= 15 is 0 Å². The Morgan fingerprint density at radius 1 is 1.04 bits per heavy atom. The largest absolute Gasteiger partial charge is 0.326 e. The first kappa shape index (κ1) is 16.7. The van der Waals surface area contributed by atoms with E-state index in [0.29, 0.717) is 6.42 Å². The van der Waals surface area contributed by atoms with Gasteiger partial charge in [0.1, 0.15) is 9.91 Å². The molecule has 0 saturated carbocycles. The topological polar surface area (TPSA) is 53.5 Å². The maximum absolute atomic E-state index is 12.4. The van der Waals surface area contributed by atoms with Crippen LogP contribution in [0.4, 0.5) is 5.69 Å². The molecule has 2 N–H and O–H groups in total. The van der Waals surface area contributed by atoms with E-state index in [-0.39, 0.29) is 5.91 Å². The molecule has 0 bridgehead atoms. The summed E-state index contributed by atoms with van der Waals surface area (Å²) in [5.74, 6) is -0.0342. The van der Waals surface area contributed by atoms with Crippen LogP contribution in [-0.2, 0) is 4.79 Å². The van der Waals surface area contributed by atoms with Crippen LogP contribution < -0.4 is 10.7 Å². The number of thioether (sulfide) groups is 1. The summed E-state index contributed by atoms with van der Waals surface area (Å²) in [5, 5.41) is 10.7. The van der Waals surface area contributed by atoms with E-state index < -0.39 is 4.87 Å². The highest BCUT2D eigenvalue weighted by molar-refractivity contribution is 8.15. The highest BCUT2D eigenvalue weighted by Gasteiger charge is 2.35. The van der Waals surface area contributed by atoms with Crippen molar-refractivity contribution >= 4 is 39.2 Å². The van der Waals surface area contributed by atoms with Crippen LogP contribution >= 0.6 is 11.8 Å². The number of fused-ring (bicyclic) bond motifs is 1. The van der Waals surface area contributed by atoms with E-state index in [0.717, 1.165) is 16.3 Å². The SMILES string of the molecule is C[C@]1(CC(=O)Nc2ccccc2)NN=C(c2cccc3ccccc23)S1. The Kier molecular flexibility index (Phi) is 4.39. The number of hydrogen-bond acceptors (Lipinski definition) is 4. The van der Waals surface area contributed by atoms with Crippen molar-refractivity contribution in [2.24, 2.45) is 5.10 Å². The molecular weight excluding hydrogens is 342 g/mol. The molecule has 4 nitrogen and oxygen atoms in total. The lowest BCUT2D eigenvalue weighted by atomic mass is 10.1. The minimum atomic E-state index is -0.467. The fraction of sp³-hybridized carbons (Fsp3) is 0.143. The molecule has 0 aromatic heterocycles. The van der Waals surface area contributed by atoms with Crippen molar-refractivity contribution in [3.05, 3.63) is 78.4 Å². The van der Waals surface area contributed by atoms with Gasteiger partial charge in [-0.15, -0.1) is 0 Å². The quantitative estimate of drug-likeness (QED) is 0.715. The fourth-order valence-electron chi connectivity index (χ4n) is 3.06. The summed E-state index contributed by atoms with van der Waals surface area (Å²) in [6, 6.07) is 24.0. The number of hydrazone groups is 1. The molecule has 1 amide bonds. The van der Waals surface area contributed by atoms with Crippen molar-refractivity contribution in [3.63, 3.8) is 0 Å². The Morgan fingerprint density at radius 3 is 2.62 bits per heavy atom. The Balaban J connectivity index is 1.49. The molecule has 0 unspecified atom stereocenters. The number of benzene rings is 3. The summed E-state index contributed by atoms with van der Waals surface area (Å²) in [5.41, 5.74) is 5.05. The van der Waals surface area contributed by atoms with Crippen LogP contribution in [0.5, 0.6) is 0 Å². The molecule has 1 aliphatic heterocycles. The lowest BCUT2D eigenvalue weighted by Crippen LogP contribution is -2.36. The van der Waals surface area contributed by atoms with Crippen molar-refractivity contribution < 1.29 is 4.79 Å². The minimum Gasteiger partial charge on any atom is -0.326 e. The van der Waals surface area contributed by atoms with E-state index in [4.69, 9.17) is 0 Å². The van der Waals surface area contributed by atoms with Gasteiger partial charge in [0, 0.05) is 11.3 Å². The summed E-state index contributed by atoms with van der Waals surface area (Å²) in [7, 11) is 0. The van der Waals surface area contributed by atoms with E-state index in [2.05, 4.69) is 40.1 Å². The van der Waals surface area contributed by atoms with Crippen molar-refractivity contribution in [2.75, 3.05) is 5.32 Å². The summed E-state index contributed by atoms with van der Waals surface area (Å²) < 4.78 is 0. The summed E-state index contributed by atoms with van der Waals surface area (Å²) in [4.78, 5) is 11.9. The van der Waals surface area contributed by atoms with Crippen molar-refractivity contribution in [2.45, 2.75) is 18.2 Å². The first-order chi connectivity index (χ1) is 12.6. The molecule has 1 aliphatic rings. The zero-order chi connectivity index (χ0) is 18.0. The van der Waals surface area contributed by atoms with E-state index in [1.165, 1.54) is 10.8 Å². The molecule has 130 valence electrons. The third-order valence-corrected chi connectivity index (χ3v) is 5.48. The van der Waals surface area contributed by atoms with Gasteiger partial charge in [-0.1, -0.05) is 72.4 Å². The van der Waals surface area contributed by atoms with Crippen LogP contribution in [0.1, 0.15) is 18.9 Å². The highest BCUT2D eigenvalue weighted by Crippen LogP contribution is 2.36. The molecular formula is C21H19N3OS. The van der Waals surface area contributed by atoms with Gasteiger partial charge in [0.15, 0.2) is 0 Å².